The Kier molecular flexibility index (Phi) is 11.5. The average molecular weight is 476 g/mol. The second-order valence-corrected chi connectivity index (χ2v) is 6.73. The van der Waals surface area contributed by atoms with Crippen molar-refractivity contribution in [2.45, 2.75) is 52.3 Å². The molecule has 6 nitrogen and oxygen atoms in total. The first-order valence-electron chi connectivity index (χ1n) is 8.70. The number of carbonyl (C=O) groups is 1. The monoisotopic (exact) mass is 476 g/mol. The van der Waals surface area contributed by atoms with Crippen LogP contribution in [-0.4, -0.2) is 44.2 Å². The SMILES string of the molecule is CCC(C)NC(=O)c1cccc(CNC(=NC)NCC(C)(C)OC)c1.I. The van der Waals surface area contributed by atoms with E-state index >= 15 is 0 Å². The molecule has 0 spiro atoms. The van der Waals surface area contributed by atoms with Crippen molar-refractivity contribution >= 4 is 35.8 Å². The Labute approximate surface area is 174 Å². The van der Waals surface area contributed by atoms with Gasteiger partial charge in [-0.1, -0.05) is 19.1 Å². The summed E-state index contributed by atoms with van der Waals surface area (Å²) in [7, 11) is 3.42. The van der Waals surface area contributed by atoms with Gasteiger partial charge in [0, 0.05) is 38.9 Å². The van der Waals surface area contributed by atoms with Gasteiger partial charge in [-0.25, -0.2) is 0 Å². The van der Waals surface area contributed by atoms with E-state index in [1.807, 2.05) is 45.0 Å². The summed E-state index contributed by atoms with van der Waals surface area (Å²) in [4.78, 5) is 16.4. The van der Waals surface area contributed by atoms with E-state index in [-0.39, 0.29) is 41.5 Å². The molecule has 1 amide bonds. The molecule has 3 N–H and O–H groups in total. The highest BCUT2D eigenvalue weighted by Gasteiger charge is 2.16. The summed E-state index contributed by atoms with van der Waals surface area (Å²) in [6.45, 7) is 9.28. The fourth-order valence-corrected chi connectivity index (χ4v) is 2.01. The number of amides is 1. The van der Waals surface area contributed by atoms with Crippen molar-refractivity contribution in [3.63, 3.8) is 0 Å². The van der Waals surface area contributed by atoms with Crippen LogP contribution in [0.1, 0.15) is 50.0 Å². The number of aliphatic imine (C=N–C) groups is 1. The summed E-state index contributed by atoms with van der Waals surface area (Å²) in [5, 5.41) is 9.47. The Balaban J connectivity index is 0.00000625. The first kappa shape index (κ1) is 24.7. The van der Waals surface area contributed by atoms with Crippen LogP contribution in [0.15, 0.2) is 29.3 Å². The molecule has 1 unspecified atom stereocenters. The van der Waals surface area contributed by atoms with Crippen molar-refractivity contribution in [3.8, 4) is 0 Å². The fraction of sp³-hybridized carbons (Fsp3) is 0.579. The third kappa shape index (κ3) is 8.84. The third-order valence-corrected chi connectivity index (χ3v) is 4.10. The second kappa shape index (κ2) is 12.1. The zero-order chi connectivity index (χ0) is 18.9. The molecule has 0 aliphatic heterocycles. The van der Waals surface area contributed by atoms with E-state index in [9.17, 15) is 4.79 Å². The molecule has 0 bridgehead atoms. The van der Waals surface area contributed by atoms with Gasteiger partial charge in [0.15, 0.2) is 5.96 Å². The molecule has 1 atom stereocenters. The number of hydrogen-bond donors (Lipinski definition) is 3. The predicted molar refractivity (Wildman–Crippen MR) is 118 cm³/mol. The molecule has 0 aromatic heterocycles. The van der Waals surface area contributed by atoms with E-state index < -0.39 is 0 Å². The highest BCUT2D eigenvalue weighted by Crippen LogP contribution is 2.07. The first-order chi connectivity index (χ1) is 11.8. The molecular formula is C19H33IN4O2. The van der Waals surface area contributed by atoms with Crippen molar-refractivity contribution in [2.24, 2.45) is 4.99 Å². The quantitative estimate of drug-likeness (QED) is 0.307. The first-order valence-corrected chi connectivity index (χ1v) is 8.70. The summed E-state index contributed by atoms with van der Waals surface area (Å²) in [6, 6.07) is 7.78. The highest BCUT2D eigenvalue weighted by atomic mass is 127. The standard InChI is InChI=1S/C19H32N4O2.HI/c1-7-14(2)23-17(24)16-10-8-9-15(11-16)12-21-18(20-5)22-13-19(3,4)25-6;/h8-11,14H,7,12-13H2,1-6H3,(H,23,24)(H2,20,21,22);1H. The zero-order valence-electron chi connectivity index (χ0n) is 16.7. The van der Waals surface area contributed by atoms with Gasteiger partial charge in [-0.05, 0) is 44.9 Å². The summed E-state index contributed by atoms with van der Waals surface area (Å²) in [5.74, 6) is 0.653. The van der Waals surface area contributed by atoms with Gasteiger partial charge >= 0.3 is 0 Å². The molecule has 26 heavy (non-hydrogen) atoms. The predicted octanol–water partition coefficient (Wildman–Crippen LogP) is 2.92. The van der Waals surface area contributed by atoms with Crippen LogP contribution >= 0.6 is 24.0 Å². The molecule has 0 heterocycles. The Morgan fingerprint density at radius 3 is 2.58 bits per heavy atom. The lowest BCUT2D eigenvalue weighted by atomic mass is 10.1. The number of nitrogens with one attached hydrogen (secondary N) is 3. The van der Waals surface area contributed by atoms with Gasteiger partial charge in [0.1, 0.15) is 0 Å². The molecule has 0 fully saturated rings. The van der Waals surface area contributed by atoms with E-state index in [1.54, 1.807) is 14.2 Å². The van der Waals surface area contributed by atoms with E-state index in [1.165, 1.54) is 0 Å². The van der Waals surface area contributed by atoms with Gasteiger partial charge in [-0.2, -0.15) is 0 Å². The molecule has 0 saturated heterocycles. The van der Waals surface area contributed by atoms with Crippen LogP contribution in [-0.2, 0) is 11.3 Å². The minimum Gasteiger partial charge on any atom is -0.377 e. The number of ether oxygens (including phenoxy) is 1. The summed E-state index contributed by atoms with van der Waals surface area (Å²) in [6.07, 6.45) is 0.910. The molecule has 1 rings (SSSR count). The number of halogens is 1. The number of carbonyl (C=O) groups excluding carboxylic acids is 1. The van der Waals surface area contributed by atoms with Crippen LogP contribution in [0.4, 0.5) is 0 Å². The van der Waals surface area contributed by atoms with Gasteiger partial charge in [0.25, 0.3) is 5.91 Å². The third-order valence-electron chi connectivity index (χ3n) is 4.10. The van der Waals surface area contributed by atoms with Crippen LogP contribution in [0.3, 0.4) is 0 Å². The Hall–Kier alpha value is -1.35. The molecule has 148 valence electrons. The maximum absolute atomic E-state index is 12.2. The van der Waals surface area contributed by atoms with E-state index in [0.717, 1.165) is 12.0 Å². The van der Waals surface area contributed by atoms with E-state index in [0.29, 0.717) is 24.6 Å². The van der Waals surface area contributed by atoms with Crippen LogP contribution in [0.2, 0.25) is 0 Å². The molecule has 7 heteroatoms. The second-order valence-electron chi connectivity index (χ2n) is 6.73. The van der Waals surface area contributed by atoms with Crippen LogP contribution in [0.25, 0.3) is 0 Å². The molecular weight excluding hydrogens is 443 g/mol. The molecule has 0 aliphatic carbocycles. The number of methoxy groups -OCH3 is 1. The topological polar surface area (TPSA) is 74.8 Å². The molecule has 0 saturated carbocycles. The van der Waals surface area contributed by atoms with Crippen LogP contribution in [0.5, 0.6) is 0 Å². The average Bonchev–Trinajstić information content (AvgIpc) is 2.61. The number of benzene rings is 1. The van der Waals surface area contributed by atoms with Crippen molar-refractivity contribution in [3.05, 3.63) is 35.4 Å². The minimum absolute atomic E-state index is 0. The van der Waals surface area contributed by atoms with Gasteiger partial charge in [-0.15, -0.1) is 24.0 Å². The van der Waals surface area contributed by atoms with Crippen molar-refractivity contribution < 1.29 is 9.53 Å². The summed E-state index contributed by atoms with van der Waals surface area (Å²) >= 11 is 0. The number of hydrogen-bond acceptors (Lipinski definition) is 3. The van der Waals surface area contributed by atoms with E-state index in [2.05, 4.69) is 27.9 Å². The largest absolute Gasteiger partial charge is 0.377 e. The lowest BCUT2D eigenvalue weighted by Gasteiger charge is -2.24. The Morgan fingerprint density at radius 1 is 1.31 bits per heavy atom. The minimum atomic E-state index is -0.272. The summed E-state index contributed by atoms with van der Waals surface area (Å²) in [5.41, 5.74) is 1.42. The molecule has 0 radical (unpaired) electrons. The highest BCUT2D eigenvalue weighted by molar-refractivity contribution is 14.0. The van der Waals surface area contributed by atoms with Crippen LogP contribution < -0.4 is 16.0 Å². The van der Waals surface area contributed by atoms with Gasteiger partial charge in [0.05, 0.1) is 5.60 Å². The maximum Gasteiger partial charge on any atom is 0.251 e. The Bertz CT molecular complexity index is 591. The van der Waals surface area contributed by atoms with Crippen molar-refractivity contribution in [2.75, 3.05) is 20.7 Å². The lowest BCUT2D eigenvalue weighted by Crippen LogP contribution is -2.45. The van der Waals surface area contributed by atoms with Gasteiger partial charge < -0.3 is 20.7 Å². The normalized spacial score (nSPS) is 12.8. The number of rotatable bonds is 8. The molecule has 0 aliphatic rings. The van der Waals surface area contributed by atoms with Gasteiger partial charge in [-0.3, -0.25) is 9.79 Å². The number of nitrogens with zero attached hydrogens (tertiary/aromatic N) is 1. The van der Waals surface area contributed by atoms with Crippen LogP contribution in [0, 0.1) is 0 Å². The van der Waals surface area contributed by atoms with Crippen molar-refractivity contribution in [1.82, 2.24) is 16.0 Å². The Morgan fingerprint density at radius 2 is 2.00 bits per heavy atom. The number of guanidine groups is 1. The molecule has 1 aromatic rings. The fourth-order valence-electron chi connectivity index (χ4n) is 2.01. The molecule has 1 aromatic carbocycles. The van der Waals surface area contributed by atoms with Gasteiger partial charge in [0.2, 0.25) is 0 Å². The zero-order valence-corrected chi connectivity index (χ0v) is 19.0. The maximum atomic E-state index is 12.2. The van der Waals surface area contributed by atoms with Crippen molar-refractivity contribution in [1.29, 1.82) is 0 Å². The summed E-state index contributed by atoms with van der Waals surface area (Å²) < 4.78 is 5.39. The van der Waals surface area contributed by atoms with E-state index in [4.69, 9.17) is 4.74 Å². The smallest absolute Gasteiger partial charge is 0.251 e. The lowest BCUT2D eigenvalue weighted by molar-refractivity contribution is 0.0268.